The van der Waals surface area contributed by atoms with E-state index in [0.29, 0.717) is 17.6 Å². The Bertz CT molecular complexity index is 1140. The summed E-state index contributed by atoms with van der Waals surface area (Å²) >= 11 is 0. The van der Waals surface area contributed by atoms with Crippen LogP contribution in [0, 0.1) is 18.3 Å². The van der Waals surface area contributed by atoms with Crippen molar-refractivity contribution in [2.45, 2.75) is 84.5 Å². The van der Waals surface area contributed by atoms with Crippen molar-refractivity contribution in [2.24, 2.45) is 5.92 Å². The van der Waals surface area contributed by atoms with Crippen LogP contribution in [0.15, 0.2) is 24.3 Å². The highest BCUT2D eigenvalue weighted by Crippen LogP contribution is 2.43. The maximum atomic E-state index is 13.5. The van der Waals surface area contributed by atoms with Crippen LogP contribution in [-0.2, 0) is 22.4 Å². The zero-order valence-electron chi connectivity index (χ0n) is 21.3. The van der Waals surface area contributed by atoms with Gasteiger partial charge >= 0.3 is 12.2 Å². The number of aromatic nitrogens is 1. The van der Waals surface area contributed by atoms with Gasteiger partial charge in [0.05, 0.1) is 12.1 Å². The number of alkyl halides is 2. The monoisotopic (exact) mass is 488 g/mol. The standard InChI is InChI=1S/C27H34F2N2O4/c1-8-9-18-10-11-20-13-21(31(22(20)12-18)24(33)35-26(5,6)7)17-30(23(32)34-25(2,3)4)16-19-14-27(28,29)15-19/h1,10-13,19H,9,14-17H2,2-7H3. The molecular weight excluding hydrogens is 454 g/mol. The highest BCUT2D eigenvalue weighted by molar-refractivity contribution is 5.91. The van der Waals surface area contributed by atoms with Gasteiger partial charge in [0.1, 0.15) is 11.2 Å². The van der Waals surface area contributed by atoms with Crippen molar-refractivity contribution in [3.8, 4) is 12.3 Å². The lowest BCUT2D eigenvalue weighted by Crippen LogP contribution is -2.46. The maximum absolute atomic E-state index is 13.5. The molecule has 0 bridgehead atoms. The van der Waals surface area contributed by atoms with Crippen molar-refractivity contribution in [3.05, 3.63) is 35.5 Å². The third-order valence-electron chi connectivity index (χ3n) is 5.49. The van der Waals surface area contributed by atoms with Gasteiger partial charge in [0.2, 0.25) is 5.92 Å². The molecule has 1 fully saturated rings. The van der Waals surface area contributed by atoms with Crippen molar-refractivity contribution in [1.82, 2.24) is 9.47 Å². The molecule has 0 radical (unpaired) electrons. The van der Waals surface area contributed by atoms with Gasteiger partial charge < -0.3 is 14.4 Å². The first-order valence-corrected chi connectivity index (χ1v) is 11.7. The number of amides is 1. The predicted octanol–water partition coefficient (Wildman–Crippen LogP) is 6.38. The maximum Gasteiger partial charge on any atom is 0.419 e. The summed E-state index contributed by atoms with van der Waals surface area (Å²) in [5.74, 6) is -0.457. The van der Waals surface area contributed by atoms with Crippen LogP contribution in [-0.4, -0.2) is 45.3 Å². The smallest absolute Gasteiger partial charge is 0.419 e. The van der Waals surface area contributed by atoms with Gasteiger partial charge in [-0.3, -0.25) is 0 Å². The van der Waals surface area contributed by atoms with Gasteiger partial charge in [-0.15, -0.1) is 12.3 Å². The van der Waals surface area contributed by atoms with E-state index in [4.69, 9.17) is 15.9 Å². The van der Waals surface area contributed by atoms with Crippen molar-refractivity contribution >= 4 is 23.1 Å². The number of terminal acetylenes is 1. The molecule has 0 atom stereocenters. The summed E-state index contributed by atoms with van der Waals surface area (Å²) in [6, 6.07) is 7.36. The Morgan fingerprint density at radius 3 is 2.29 bits per heavy atom. The Labute approximate surface area is 205 Å². The summed E-state index contributed by atoms with van der Waals surface area (Å²) < 4.78 is 39.6. The van der Waals surface area contributed by atoms with Crippen molar-refractivity contribution in [2.75, 3.05) is 6.54 Å². The number of fused-ring (bicyclic) bond motifs is 1. The molecule has 35 heavy (non-hydrogen) atoms. The fourth-order valence-electron chi connectivity index (χ4n) is 4.12. The van der Waals surface area contributed by atoms with Gasteiger partial charge in [-0.05, 0) is 65.2 Å². The van der Waals surface area contributed by atoms with Gasteiger partial charge in [0, 0.05) is 36.9 Å². The Hall–Kier alpha value is -3.08. The quantitative estimate of drug-likeness (QED) is 0.458. The molecule has 8 heteroatoms. The van der Waals surface area contributed by atoms with E-state index >= 15 is 0 Å². The molecule has 2 aromatic rings. The third-order valence-corrected chi connectivity index (χ3v) is 5.49. The van der Waals surface area contributed by atoms with Gasteiger partial charge in [-0.1, -0.05) is 12.1 Å². The third kappa shape index (κ3) is 6.97. The molecule has 1 aromatic heterocycles. The Balaban J connectivity index is 2.01. The molecule has 190 valence electrons. The zero-order valence-corrected chi connectivity index (χ0v) is 21.3. The average molecular weight is 489 g/mol. The zero-order chi connectivity index (χ0) is 26.2. The second-order valence-corrected chi connectivity index (χ2v) is 11.2. The minimum absolute atomic E-state index is 0.00458. The van der Waals surface area contributed by atoms with Crippen LogP contribution in [0.2, 0.25) is 0 Å². The molecule has 6 nitrogen and oxygen atoms in total. The molecule has 0 aliphatic heterocycles. The predicted molar refractivity (Wildman–Crippen MR) is 130 cm³/mol. The minimum Gasteiger partial charge on any atom is -0.444 e. The summed E-state index contributed by atoms with van der Waals surface area (Å²) in [7, 11) is 0. The van der Waals surface area contributed by atoms with Crippen LogP contribution in [0.25, 0.3) is 10.9 Å². The largest absolute Gasteiger partial charge is 0.444 e. The SMILES string of the molecule is C#CCc1ccc2cc(CN(CC3CC(F)(F)C3)C(=O)OC(C)(C)C)n(C(=O)OC(C)(C)C)c2c1. The Morgan fingerprint density at radius 1 is 1.11 bits per heavy atom. The van der Waals surface area contributed by atoms with E-state index in [-0.39, 0.29) is 31.8 Å². The summed E-state index contributed by atoms with van der Waals surface area (Å²) in [6.45, 7) is 10.6. The molecule has 1 amide bonds. The highest BCUT2D eigenvalue weighted by Gasteiger charge is 2.46. The molecule has 1 aromatic carbocycles. The number of halogens is 2. The van der Waals surface area contributed by atoms with E-state index < -0.39 is 29.3 Å². The lowest BCUT2D eigenvalue weighted by Gasteiger charge is -2.38. The van der Waals surface area contributed by atoms with Crippen LogP contribution >= 0.6 is 0 Å². The first-order valence-electron chi connectivity index (χ1n) is 11.7. The van der Waals surface area contributed by atoms with Crippen molar-refractivity contribution < 1.29 is 27.8 Å². The van der Waals surface area contributed by atoms with Crippen LogP contribution in [0.3, 0.4) is 0 Å². The molecule has 0 N–H and O–H groups in total. The number of nitrogens with zero attached hydrogens (tertiary/aromatic N) is 2. The summed E-state index contributed by atoms with van der Waals surface area (Å²) in [5, 5.41) is 0.769. The molecule has 0 unspecified atom stereocenters. The van der Waals surface area contributed by atoms with Gasteiger partial charge in [-0.2, -0.15) is 0 Å². The van der Waals surface area contributed by atoms with Crippen LogP contribution in [0.4, 0.5) is 18.4 Å². The van der Waals surface area contributed by atoms with E-state index in [1.165, 1.54) is 9.47 Å². The lowest BCUT2D eigenvalue weighted by molar-refractivity contribution is -0.116. The number of rotatable bonds is 5. The molecule has 1 aliphatic rings. The van der Waals surface area contributed by atoms with E-state index in [0.717, 1.165) is 10.9 Å². The molecule has 3 rings (SSSR count). The number of benzene rings is 1. The van der Waals surface area contributed by atoms with E-state index in [1.54, 1.807) is 47.6 Å². The van der Waals surface area contributed by atoms with Crippen LogP contribution in [0.1, 0.15) is 65.6 Å². The first kappa shape index (κ1) is 26.5. The Kier molecular flexibility index (Phi) is 7.21. The second kappa shape index (κ2) is 9.52. The van der Waals surface area contributed by atoms with E-state index in [9.17, 15) is 18.4 Å². The summed E-state index contributed by atoms with van der Waals surface area (Å²) in [4.78, 5) is 27.7. The lowest BCUT2D eigenvalue weighted by atomic mass is 9.81. The number of carbonyl (C=O) groups excluding carboxylic acids is 2. The second-order valence-electron chi connectivity index (χ2n) is 11.2. The highest BCUT2D eigenvalue weighted by atomic mass is 19.3. The molecule has 1 aliphatic carbocycles. The average Bonchev–Trinajstić information content (AvgIpc) is 3.01. The van der Waals surface area contributed by atoms with E-state index in [1.807, 2.05) is 18.2 Å². The normalized spacial score (nSPS) is 15.9. The molecular formula is C27H34F2N2O4. The van der Waals surface area contributed by atoms with E-state index in [2.05, 4.69) is 5.92 Å². The van der Waals surface area contributed by atoms with Crippen LogP contribution in [0.5, 0.6) is 0 Å². The molecule has 0 spiro atoms. The summed E-state index contributed by atoms with van der Waals surface area (Å²) in [6.07, 6.45) is 4.08. The van der Waals surface area contributed by atoms with Gasteiger partial charge in [-0.25, -0.2) is 22.9 Å². The number of carbonyl (C=O) groups is 2. The number of ether oxygens (including phenoxy) is 2. The molecule has 0 saturated heterocycles. The van der Waals surface area contributed by atoms with Gasteiger partial charge in [0.25, 0.3) is 0 Å². The van der Waals surface area contributed by atoms with Crippen LogP contribution < -0.4 is 0 Å². The molecule has 1 heterocycles. The first-order chi connectivity index (χ1) is 16.1. The minimum atomic E-state index is -2.71. The van der Waals surface area contributed by atoms with Crippen molar-refractivity contribution in [1.29, 1.82) is 0 Å². The summed E-state index contributed by atoms with van der Waals surface area (Å²) in [5.41, 5.74) is 0.436. The number of hydrogen-bond donors (Lipinski definition) is 0. The van der Waals surface area contributed by atoms with Crippen molar-refractivity contribution in [3.63, 3.8) is 0 Å². The fraction of sp³-hybridized carbons (Fsp3) is 0.556. The number of hydrogen-bond acceptors (Lipinski definition) is 4. The Morgan fingerprint density at radius 2 is 1.74 bits per heavy atom. The fourth-order valence-corrected chi connectivity index (χ4v) is 4.12. The van der Waals surface area contributed by atoms with Gasteiger partial charge in [0.15, 0.2) is 0 Å². The molecule has 1 saturated carbocycles. The topological polar surface area (TPSA) is 60.8 Å².